The van der Waals surface area contributed by atoms with Crippen molar-refractivity contribution in [2.24, 2.45) is 0 Å². The van der Waals surface area contributed by atoms with Crippen LogP contribution in [0.2, 0.25) is 0 Å². The highest BCUT2D eigenvalue weighted by Crippen LogP contribution is 2.25. The van der Waals surface area contributed by atoms with Crippen LogP contribution in [0.4, 0.5) is 5.82 Å². The number of carbonyl (C=O) groups excluding carboxylic acids is 1. The minimum Gasteiger partial charge on any atom is -0.497 e. The van der Waals surface area contributed by atoms with Crippen LogP contribution in [0.5, 0.6) is 5.75 Å². The number of anilines is 1. The molecule has 0 radical (unpaired) electrons. The van der Waals surface area contributed by atoms with Crippen LogP contribution in [0.3, 0.4) is 0 Å². The van der Waals surface area contributed by atoms with E-state index < -0.39 is 5.91 Å². The summed E-state index contributed by atoms with van der Waals surface area (Å²) < 4.78 is 5.18. The molecule has 0 aliphatic carbocycles. The Kier molecular flexibility index (Phi) is 6.38. The van der Waals surface area contributed by atoms with E-state index in [2.05, 4.69) is 15.3 Å². The van der Waals surface area contributed by atoms with Gasteiger partial charge in [0.1, 0.15) is 11.6 Å². The van der Waals surface area contributed by atoms with Gasteiger partial charge in [0.15, 0.2) is 0 Å². The van der Waals surface area contributed by atoms with E-state index in [1.165, 1.54) is 0 Å². The molecule has 0 aliphatic rings. The molecule has 2 aromatic carbocycles. The second kappa shape index (κ2) is 9.72. The number of hydrogen-bond donors (Lipinski definition) is 3. The number of hydrogen-bond acceptors (Lipinski definition) is 6. The summed E-state index contributed by atoms with van der Waals surface area (Å²) in [4.78, 5) is 20.9. The molecule has 3 N–H and O–H groups in total. The highest BCUT2D eigenvalue weighted by atomic mass is 16.5. The third-order valence-corrected chi connectivity index (χ3v) is 5.00. The number of nitrogens with one attached hydrogen (secondary N) is 2. The maximum Gasteiger partial charge on any atom is 0.274 e. The van der Waals surface area contributed by atoms with Crippen molar-refractivity contribution in [1.82, 2.24) is 15.4 Å². The Labute approximate surface area is 185 Å². The number of hydroxylamine groups is 1. The molecular formula is C25H22N4O3. The van der Waals surface area contributed by atoms with Gasteiger partial charge in [0.2, 0.25) is 0 Å². The van der Waals surface area contributed by atoms with Gasteiger partial charge in [-0.2, -0.15) is 0 Å². The molecule has 7 heteroatoms. The van der Waals surface area contributed by atoms with Gasteiger partial charge in [-0.15, -0.1) is 0 Å². The Morgan fingerprint density at radius 2 is 1.72 bits per heavy atom. The van der Waals surface area contributed by atoms with Crippen molar-refractivity contribution in [3.8, 4) is 28.1 Å². The van der Waals surface area contributed by atoms with E-state index >= 15 is 0 Å². The summed E-state index contributed by atoms with van der Waals surface area (Å²) in [6, 6.07) is 22.7. The van der Waals surface area contributed by atoms with Crippen molar-refractivity contribution in [1.29, 1.82) is 0 Å². The van der Waals surface area contributed by atoms with Crippen LogP contribution in [0, 0.1) is 0 Å². The van der Waals surface area contributed by atoms with Crippen molar-refractivity contribution < 1.29 is 14.7 Å². The lowest BCUT2D eigenvalue weighted by Crippen LogP contribution is -2.19. The van der Waals surface area contributed by atoms with Crippen LogP contribution in [-0.2, 0) is 6.54 Å². The van der Waals surface area contributed by atoms with Gasteiger partial charge in [0.05, 0.1) is 12.8 Å². The van der Waals surface area contributed by atoms with Gasteiger partial charge in [-0.1, -0.05) is 42.5 Å². The standard InChI is InChI=1S/C25H22N4O3/c1-32-22-10-4-17(5-11-22)15-27-24-14-21(25(30)29-31)13-23(28-24)19-8-6-18(7-9-19)20-3-2-12-26-16-20/h2-14,16,31H,15H2,1H3,(H,27,28)(H,29,30). The van der Waals surface area contributed by atoms with E-state index in [1.54, 1.807) is 37.1 Å². The second-order valence-electron chi connectivity index (χ2n) is 7.09. The lowest BCUT2D eigenvalue weighted by molar-refractivity contribution is 0.0706. The topological polar surface area (TPSA) is 96.4 Å². The molecule has 1 amide bonds. The number of benzene rings is 2. The van der Waals surface area contributed by atoms with Crippen molar-refractivity contribution >= 4 is 11.7 Å². The van der Waals surface area contributed by atoms with Crippen LogP contribution < -0.4 is 15.5 Å². The van der Waals surface area contributed by atoms with Gasteiger partial charge in [-0.3, -0.25) is 15.0 Å². The predicted octanol–water partition coefficient (Wildman–Crippen LogP) is 4.55. The average Bonchev–Trinajstić information content (AvgIpc) is 2.87. The van der Waals surface area contributed by atoms with Crippen LogP contribution in [0.15, 0.2) is 85.2 Å². The first kappa shape index (κ1) is 21.0. The first-order valence-corrected chi connectivity index (χ1v) is 10.0. The number of amides is 1. The lowest BCUT2D eigenvalue weighted by atomic mass is 10.0. The summed E-state index contributed by atoms with van der Waals surface area (Å²) in [7, 11) is 1.62. The fraction of sp³-hybridized carbons (Fsp3) is 0.0800. The Bertz CT molecular complexity index is 1190. The molecule has 0 saturated carbocycles. The Morgan fingerprint density at radius 3 is 2.38 bits per heavy atom. The van der Waals surface area contributed by atoms with E-state index in [0.29, 0.717) is 23.6 Å². The first-order chi connectivity index (χ1) is 15.7. The van der Waals surface area contributed by atoms with Gasteiger partial charge in [-0.25, -0.2) is 10.5 Å². The summed E-state index contributed by atoms with van der Waals surface area (Å²) in [6.45, 7) is 0.514. The van der Waals surface area contributed by atoms with Gasteiger partial charge >= 0.3 is 0 Å². The molecule has 0 saturated heterocycles. The smallest absolute Gasteiger partial charge is 0.274 e. The molecular weight excluding hydrogens is 404 g/mol. The third-order valence-electron chi connectivity index (χ3n) is 5.00. The van der Waals surface area contributed by atoms with E-state index in [9.17, 15) is 4.79 Å². The number of nitrogens with zero attached hydrogens (tertiary/aromatic N) is 2. The molecule has 0 aliphatic heterocycles. The number of carbonyl (C=O) groups is 1. The average molecular weight is 426 g/mol. The SMILES string of the molecule is COc1ccc(CNc2cc(C(=O)NO)cc(-c3ccc(-c4cccnc4)cc3)n2)cc1. The summed E-state index contributed by atoms with van der Waals surface area (Å²) >= 11 is 0. The van der Waals surface area contributed by atoms with Crippen LogP contribution in [-0.4, -0.2) is 28.2 Å². The maximum absolute atomic E-state index is 12.1. The molecule has 0 spiro atoms. The summed E-state index contributed by atoms with van der Waals surface area (Å²) in [5.41, 5.74) is 6.53. The molecule has 0 atom stereocenters. The van der Waals surface area contributed by atoms with Gasteiger partial charge in [0.25, 0.3) is 5.91 Å². The molecule has 160 valence electrons. The van der Waals surface area contributed by atoms with Gasteiger partial charge in [-0.05, 0) is 47.0 Å². The molecule has 2 aromatic heterocycles. The van der Waals surface area contributed by atoms with Crippen molar-refractivity contribution in [2.45, 2.75) is 6.54 Å². The quantitative estimate of drug-likeness (QED) is 0.296. The van der Waals surface area contributed by atoms with E-state index in [4.69, 9.17) is 9.94 Å². The van der Waals surface area contributed by atoms with Crippen LogP contribution in [0.1, 0.15) is 15.9 Å². The largest absolute Gasteiger partial charge is 0.497 e. The molecule has 7 nitrogen and oxygen atoms in total. The zero-order valence-corrected chi connectivity index (χ0v) is 17.4. The van der Waals surface area contributed by atoms with Crippen LogP contribution >= 0.6 is 0 Å². The van der Waals surface area contributed by atoms with Crippen molar-refractivity contribution in [2.75, 3.05) is 12.4 Å². The number of methoxy groups -OCH3 is 1. The Morgan fingerprint density at radius 1 is 0.969 bits per heavy atom. The van der Waals surface area contributed by atoms with E-state index in [1.807, 2.05) is 60.7 Å². The summed E-state index contributed by atoms with van der Waals surface area (Å²) in [6.07, 6.45) is 3.54. The molecule has 4 aromatic rings. The molecule has 2 heterocycles. The molecule has 32 heavy (non-hydrogen) atoms. The molecule has 0 bridgehead atoms. The summed E-state index contributed by atoms with van der Waals surface area (Å²) in [5.74, 6) is 0.701. The Balaban J connectivity index is 1.60. The monoisotopic (exact) mass is 426 g/mol. The number of rotatable bonds is 7. The maximum atomic E-state index is 12.1. The Hall–Kier alpha value is -4.23. The van der Waals surface area contributed by atoms with Crippen molar-refractivity contribution in [3.05, 3.63) is 96.3 Å². The number of pyridine rings is 2. The zero-order valence-electron chi connectivity index (χ0n) is 17.4. The minimum atomic E-state index is -0.604. The highest BCUT2D eigenvalue weighted by molar-refractivity contribution is 5.95. The zero-order chi connectivity index (χ0) is 22.3. The highest BCUT2D eigenvalue weighted by Gasteiger charge is 2.11. The van der Waals surface area contributed by atoms with Gasteiger partial charge in [0, 0.05) is 30.1 Å². The normalized spacial score (nSPS) is 10.4. The molecule has 0 fully saturated rings. The first-order valence-electron chi connectivity index (χ1n) is 10.0. The third kappa shape index (κ3) is 4.91. The fourth-order valence-electron chi connectivity index (χ4n) is 3.27. The number of aromatic nitrogens is 2. The van der Waals surface area contributed by atoms with E-state index in [-0.39, 0.29) is 0 Å². The predicted molar refractivity (Wildman–Crippen MR) is 122 cm³/mol. The van der Waals surface area contributed by atoms with E-state index in [0.717, 1.165) is 28.0 Å². The molecule has 4 rings (SSSR count). The fourth-order valence-corrected chi connectivity index (χ4v) is 3.27. The second-order valence-corrected chi connectivity index (χ2v) is 7.09. The summed E-state index contributed by atoms with van der Waals surface area (Å²) in [5, 5.41) is 12.3. The van der Waals surface area contributed by atoms with Crippen LogP contribution in [0.25, 0.3) is 22.4 Å². The number of ether oxygens (including phenoxy) is 1. The molecule has 0 unspecified atom stereocenters. The van der Waals surface area contributed by atoms with Gasteiger partial charge < -0.3 is 10.1 Å². The minimum absolute atomic E-state index is 0.297. The van der Waals surface area contributed by atoms with Crippen molar-refractivity contribution in [3.63, 3.8) is 0 Å². The lowest BCUT2D eigenvalue weighted by Gasteiger charge is -2.11.